The van der Waals surface area contributed by atoms with Crippen LogP contribution in [0.2, 0.25) is 0 Å². The van der Waals surface area contributed by atoms with Crippen molar-refractivity contribution >= 4 is 21.6 Å². The second-order valence-electron chi connectivity index (χ2n) is 7.60. The van der Waals surface area contributed by atoms with Gasteiger partial charge in [-0.25, -0.2) is 12.8 Å². The molecule has 0 saturated carbocycles. The minimum Gasteiger partial charge on any atom is -0.497 e. The SMILES string of the molecule is COc1cccc(NC(=O)c2ccc(F)c(S(=O)(=O)N3C[C@H](C)C[C@@H](C)C3)c2)c1. The van der Waals surface area contributed by atoms with Gasteiger partial charge in [0, 0.05) is 30.4 Å². The summed E-state index contributed by atoms with van der Waals surface area (Å²) in [6.07, 6.45) is 0.928. The van der Waals surface area contributed by atoms with Gasteiger partial charge < -0.3 is 10.1 Å². The summed E-state index contributed by atoms with van der Waals surface area (Å²) in [6.45, 7) is 4.64. The lowest BCUT2D eigenvalue weighted by Gasteiger charge is -2.34. The summed E-state index contributed by atoms with van der Waals surface area (Å²) < 4.78 is 47.0. The molecule has 1 aliphatic rings. The maximum Gasteiger partial charge on any atom is 0.255 e. The van der Waals surface area contributed by atoms with Crippen molar-refractivity contribution in [1.29, 1.82) is 0 Å². The zero-order valence-electron chi connectivity index (χ0n) is 16.7. The monoisotopic (exact) mass is 420 g/mol. The van der Waals surface area contributed by atoms with Crippen molar-refractivity contribution in [2.45, 2.75) is 25.2 Å². The van der Waals surface area contributed by atoms with Gasteiger partial charge in [0.1, 0.15) is 16.5 Å². The molecular formula is C21H25FN2O4S. The number of sulfonamides is 1. The highest BCUT2D eigenvalue weighted by molar-refractivity contribution is 7.89. The molecule has 1 saturated heterocycles. The molecule has 2 atom stereocenters. The van der Waals surface area contributed by atoms with Crippen LogP contribution in [0.4, 0.5) is 10.1 Å². The van der Waals surface area contributed by atoms with Gasteiger partial charge in [0.2, 0.25) is 10.0 Å². The molecule has 3 rings (SSSR count). The van der Waals surface area contributed by atoms with E-state index in [9.17, 15) is 17.6 Å². The molecule has 1 N–H and O–H groups in total. The molecule has 1 aliphatic heterocycles. The van der Waals surface area contributed by atoms with Crippen molar-refractivity contribution in [2.75, 3.05) is 25.5 Å². The number of benzene rings is 2. The number of hydrogen-bond acceptors (Lipinski definition) is 4. The average molecular weight is 421 g/mol. The van der Waals surface area contributed by atoms with Crippen molar-refractivity contribution in [3.63, 3.8) is 0 Å². The molecule has 1 amide bonds. The minimum atomic E-state index is -4.04. The van der Waals surface area contributed by atoms with E-state index in [4.69, 9.17) is 4.74 Å². The number of nitrogens with zero attached hydrogens (tertiary/aromatic N) is 1. The van der Waals surface area contributed by atoms with Crippen molar-refractivity contribution in [3.05, 3.63) is 53.8 Å². The first kappa shape index (κ1) is 21.3. The van der Waals surface area contributed by atoms with Crippen LogP contribution in [0, 0.1) is 17.7 Å². The summed E-state index contributed by atoms with van der Waals surface area (Å²) in [6, 6.07) is 10.2. The highest BCUT2D eigenvalue weighted by Gasteiger charge is 2.33. The zero-order valence-corrected chi connectivity index (χ0v) is 17.5. The molecule has 2 aromatic rings. The summed E-state index contributed by atoms with van der Waals surface area (Å²) in [5.41, 5.74) is 0.549. The molecule has 156 valence electrons. The third kappa shape index (κ3) is 4.76. The number of hydrogen-bond donors (Lipinski definition) is 1. The number of piperidine rings is 1. The minimum absolute atomic E-state index is 0.0610. The predicted molar refractivity (Wildman–Crippen MR) is 109 cm³/mol. The van der Waals surface area contributed by atoms with Gasteiger partial charge in [0.15, 0.2) is 0 Å². The molecule has 29 heavy (non-hydrogen) atoms. The van der Waals surface area contributed by atoms with E-state index in [0.29, 0.717) is 24.5 Å². The van der Waals surface area contributed by atoms with E-state index < -0.39 is 26.6 Å². The Morgan fingerprint density at radius 3 is 2.48 bits per heavy atom. The smallest absolute Gasteiger partial charge is 0.255 e. The van der Waals surface area contributed by atoms with Crippen LogP contribution in [0.5, 0.6) is 5.75 Å². The van der Waals surface area contributed by atoms with Gasteiger partial charge in [-0.1, -0.05) is 19.9 Å². The van der Waals surface area contributed by atoms with Gasteiger partial charge in [0.25, 0.3) is 5.91 Å². The number of anilines is 1. The first-order valence-corrected chi connectivity index (χ1v) is 10.9. The Kier molecular flexibility index (Phi) is 6.24. The summed E-state index contributed by atoms with van der Waals surface area (Å²) in [5.74, 6) is -0.449. The third-order valence-corrected chi connectivity index (χ3v) is 6.82. The molecule has 0 bridgehead atoms. The molecule has 0 unspecified atom stereocenters. The summed E-state index contributed by atoms with van der Waals surface area (Å²) in [4.78, 5) is 12.1. The second kappa shape index (κ2) is 8.51. The maximum absolute atomic E-state index is 14.4. The van der Waals surface area contributed by atoms with Crippen molar-refractivity contribution in [1.82, 2.24) is 4.31 Å². The fourth-order valence-corrected chi connectivity index (χ4v) is 5.46. The van der Waals surface area contributed by atoms with Crippen molar-refractivity contribution < 1.29 is 22.3 Å². The van der Waals surface area contributed by atoms with E-state index in [1.165, 1.54) is 17.5 Å². The molecule has 2 aromatic carbocycles. The van der Waals surface area contributed by atoms with Crippen molar-refractivity contribution in [3.8, 4) is 5.75 Å². The molecule has 0 aliphatic carbocycles. The predicted octanol–water partition coefficient (Wildman–Crippen LogP) is 3.75. The number of carbonyl (C=O) groups is 1. The molecule has 0 radical (unpaired) electrons. The number of amides is 1. The first-order chi connectivity index (χ1) is 13.7. The number of ether oxygens (including phenoxy) is 1. The Balaban J connectivity index is 1.88. The van der Waals surface area contributed by atoms with E-state index in [2.05, 4.69) is 5.32 Å². The van der Waals surface area contributed by atoms with Gasteiger partial charge in [-0.3, -0.25) is 4.79 Å². The Morgan fingerprint density at radius 2 is 1.83 bits per heavy atom. The van der Waals surface area contributed by atoms with Crippen LogP contribution in [-0.4, -0.2) is 38.8 Å². The molecule has 8 heteroatoms. The topological polar surface area (TPSA) is 75.7 Å². The molecule has 1 heterocycles. The normalized spacial score (nSPS) is 20.3. The zero-order chi connectivity index (χ0) is 21.2. The first-order valence-electron chi connectivity index (χ1n) is 9.46. The molecular weight excluding hydrogens is 395 g/mol. The number of methoxy groups -OCH3 is 1. The van der Waals surface area contributed by atoms with Crippen molar-refractivity contribution in [2.24, 2.45) is 11.8 Å². The van der Waals surface area contributed by atoms with Crippen LogP contribution >= 0.6 is 0 Å². The highest BCUT2D eigenvalue weighted by Crippen LogP contribution is 2.28. The van der Waals surface area contributed by atoms with Gasteiger partial charge in [-0.2, -0.15) is 4.31 Å². The lowest BCUT2D eigenvalue weighted by atomic mass is 9.94. The van der Waals surface area contributed by atoms with Gasteiger partial charge in [-0.15, -0.1) is 0 Å². The highest BCUT2D eigenvalue weighted by atomic mass is 32.2. The lowest BCUT2D eigenvalue weighted by Crippen LogP contribution is -2.42. The van der Waals surface area contributed by atoms with E-state index in [1.807, 2.05) is 13.8 Å². The lowest BCUT2D eigenvalue weighted by molar-refractivity contribution is 0.102. The van der Waals surface area contributed by atoms with Crippen LogP contribution in [0.25, 0.3) is 0 Å². The maximum atomic E-state index is 14.4. The van der Waals surface area contributed by atoms with Gasteiger partial charge in [0.05, 0.1) is 7.11 Å². The average Bonchev–Trinajstić information content (AvgIpc) is 2.67. The molecule has 0 aromatic heterocycles. The van der Waals surface area contributed by atoms with Gasteiger partial charge in [-0.05, 0) is 48.6 Å². The fraction of sp³-hybridized carbons (Fsp3) is 0.381. The quantitative estimate of drug-likeness (QED) is 0.799. The third-order valence-electron chi connectivity index (χ3n) is 4.97. The van der Waals surface area contributed by atoms with Crippen LogP contribution in [-0.2, 0) is 10.0 Å². The molecule has 1 fully saturated rings. The van der Waals surface area contributed by atoms with E-state index in [-0.39, 0.29) is 17.4 Å². The Hall–Kier alpha value is -2.45. The van der Waals surface area contributed by atoms with Crippen LogP contribution < -0.4 is 10.1 Å². The standard InChI is InChI=1S/C21H25FN2O4S/c1-14-9-15(2)13-24(12-14)29(26,27)20-10-16(7-8-19(20)22)21(25)23-17-5-4-6-18(11-17)28-3/h4-8,10-11,14-15H,9,12-13H2,1-3H3,(H,23,25)/t14-,15-/m1/s1. The van der Waals surface area contributed by atoms with Crippen LogP contribution in [0.15, 0.2) is 47.4 Å². The van der Waals surface area contributed by atoms with E-state index >= 15 is 0 Å². The number of rotatable bonds is 5. The number of nitrogens with one attached hydrogen (secondary N) is 1. The molecule has 6 nitrogen and oxygen atoms in total. The second-order valence-corrected chi connectivity index (χ2v) is 9.51. The summed E-state index contributed by atoms with van der Waals surface area (Å²) >= 11 is 0. The van der Waals surface area contributed by atoms with E-state index in [0.717, 1.165) is 18.6 Å². The Morgan fingerprint density at radius 1 is 1.14 bits per heavy atom. The van der Waals surface area contributed by atoms with Crippen LogP contribution in [0.3, 0.4) is 0 Å². The number of halogens is 1. The molecule has 0 spiro atoms. The Labute approximate surface area is 170 Å². The Bertz CT molecular complexity index is 999. The largest absolute Gasteiger partial charge is 0.497 e. The fourth-order valence-electron chi connectivity index (χ4n) is 3.69. The van der Waals surface area contributed by atoms with Crippen LogP contribution in [0.1, 0.15) is 30.6 Å². The van der Waals surface area contributed by atoms with Gasteiger partial charge >= 0.3 is 0 Å². The number of carbonyl (C=O) groups excluding carboxylic acids is 1. The van der Waals surface area contributed by atoms with E-state index in [1.54, 1.807) is 24.3 Å². The summed E-state index contributed by atoms with van der Waals surface area (Å²) in [5, 5.41) is 2.67. The summed E-state index contributed by atoms with van der Waals surface area (Å²) in [7, 11) is -2.53.